The third-order valence-corrected chi connectivity index (χ3v) is 7.53. The molecule has 0 bridgehead atoms. The van der Waals surface area contributed by atoms with Crippen molar-refractivity contribution >= 4 is 25.2 Å². The average molecular weight is 482 g/mol. The number of carbonyl (C=O) groups is 3. The third-order valence-electron chi connectivity index (χ3n) is 5.59. The summed E-state index contributed by atoms with van der Waals surface area (Å²) in [5, 5.41) is 0. The van der Waals surface area contributed by atoms with Crippen molar-refractivity contribution in [2.75, 3.05) is 25.7 Å². The molecule has 0 aromatic heterocycles. The van der Waals surface area contributed by atoms with Gasteiger partial charge < -0.3 is 19.3 Å². The van der Waals surface area contributed by atoms with E-state index in [1.165, 1.54) is 10.5 Å². The largest absolute Gasteiger partial charge is 0.427 e. The van der Waals surface area contributed by atoms with Gasteiger partial charge in [0.2, 0.25) is 20.1 Å². The molecule has 1 N–H and O–H groups in total. The first-order valence-electron chi connectivity index (χ1n) is 11.5. The monoisotopic (exact) mass is 481 g/mol. The van der Waals surface area contributed by atoms with Crippen molar-refractivity contribution in [2.24, 2.45) is 5.41 Å². The maximum Gasteiger partial charge on any atom is 0.331 e. The highest BCUT2D eigenvalue weighted by Gasteiger charge is 2.36. The zero-order valence-electron chi connectivity index (χ0n) is 19.8. The first kappa shape index (κ1) is 27.1. The molecular formula is C24H36NO7P. The van der Waals surface area contributed by atoms with Gasteiger partial charge in [0.05, 0.1) is 5.41 Å². The summed E-state index contributed by atoms with van der Waals surface area (Å²) in [5.74, 6) is -1.45. The molecule has 1 heterocycles. The number of likely N-dealkylation sites (tertiary alicyclic amines) is 1. The van der Waals surface area contributed by atoms with Crippen molar-refractivity contribution in [1.29, 1.82) is 0 Å². The molecule has 0 spiro atoms. The number of aryl methyl sites for hydroxylation is 1. The predicted octanol–water partition coefficient (Wildman–Crippen LogP) is 3.75. The van der Waals surface area contributed by atoms with Crippen LogP contribution >= 0.6 is 7.37 Å². The lowest BCUT2D eigenvalue weighted by molar-refractivity contribution is -0.176. The van der Waals surface area contributed by atoms with Gasteiger partial charge in [-0.15, -0.1) is 0 Å². The van der Waals surface area contributed by atoms with Crippen LogP contribution in [0.1, 0.15) is 58.4 Å². The SMILES string of the molecule is CC(C)(C)C(=O)OCOC(=O)[C@@H]1CCCN1C(=O)CCP(=O)(O)CCCCc1ccccc1. The van der Waals surface area contributed by atoms with Crippen LogP contribution in [-0.2, 0) is 34.8 Å². The van der Waals surface area contributed by atoms with Crippen LogP contribution < -0.4 is 0 Å². The molecule has 2 rings (SSSR count). The Bertz CT molecular complexity index is 850. The number of rotatable bonds is 11. The number of carbonyl (C=O) groups excluding carboxylic acids is 3. The van der Waals surface area contributed by atoms with Crippen LogP contribution in [0, 0.1) is 5.41 Å². The molecule has 1 aliphatic heterocycles. The quantitative estimate of drug-likeness (QED) is 0.222. The normalized spacial score (nSPS) is 17.9. The van der Waals surface area contributed by atoms with Crippen molar-refractivity contribution in [3.63, 3.8) is 0 Å². The zero-order valence-corrected chi connectivity index (χ0v) is 20.7. The molecule has 1 fully saturated rings. The maximum absolute atomic E-state index is 12.6. The fourth-order valence-electron chi connectivity index (χ4n) is 3.62. The number of hydrogen-bond acceptors (Lipinski definition) is 6. The molecule has 184 valence electrons. The van der Waals surface area contributed by atoms with Crippen molar-refractivity contribution in [2.45, 2.75) is 65.3 Å². The minimum absolute atomic E-state index is 0.0880. The van der Waals surface area contributed by atoms with Gasteiger partial charge in [-0.05, 0) is 58.4 Å². The lowest BCUT2D eigenvalue weighted by Gasteiger charge is -2.24. The van der Waals surface area contributed by atoms with Crippen molar-refractivity contribution in [3.8, 4) is 0 Å². The molecule has 1 aliphatic rings. The first-order valence-corrected chi connectivity index (χ1v) is 13.5. The van der Waals surface area contributed by atoms with Gasteiger partial charge in [-0.25, -0.2) is 4.79 Å². The molecular weight excluding hydrogens is 445 g/mol. The Morgan fingerprint density at radius 3 is 2.45 bits per heavy atom. The van der Waals surface area contributed by atoms with Gasteiger partial charge in [-0.3, -0.25) is 14.2 Å². The van der Waals surface area contributed by atoms with E-state index in [1.54, 1.807) is 20.8 Å². The standard InChI is InChI=1S/C24H36NO7P/c1-24(2,3)23(28)32-18-31-22(27)20-13-9-15-25(20)21(26)14-17-33(29,30)16-8-7-12-19-10-5-4-6-11-19/h4-6,10-11,20H,7-9,12-18H2,1-3H3,(H,29,30)/t20-/m0/s1. The minimum Gasteiger partial charge on any atom is -0.427 e. The van der Waals surface area contributed by atoms with Gasteiger partial charge in [-0.2, -0.15) is 0 Å². The second-order valence-electron chi connectivity index (χ2n) is 9.49. The molecule has 1 unspecified atom stereocenters. The zero-order chi connectivity index (χ0) is 24.5. The molecule has 2 atom stereocenters. The summed E-state index contributed by atoms with van der Waals surface area (Å²) in [5.41, 5.74) is 0.488. The van der Waals surface area contributed by atoms with Crippen LogP contribution in [0.5, 0.6) is 0 Å². The molecule has 9 heteroatoms. The molecule has 33 heavy (non-hydrogen) atoms. The van der Waals surface area contributed by atoms with E-state index in [9.17, 15) is 23.8 Å². The van der Waals surface area contributed by atoms with Crippen LogP contribution in [0.15, 0.2) is 30.3 Å². The van der Waals surface area contributed by atoms with Crippen LogP contribution in [-0.4, -0.2) is 59.3 Å². The highest BCUT2D eigenvalue weighted by Crippen LogP contribution is 2.42. The Hall–Kier alpha value is -2.18. The summed E-state index contributed by atoms with van der Waals surface area (Å²) >= 11 is 0. The van der Waals surface area contributed by atoms with Gasteiger partial charge >= 0.3 is 11.9 Å². The number of unbranched alkanes of at least 4 members (excludes halogenated alkanes) is 1. The second-order valence-corrected chi connectivity index (χ2v) is 12.1. The Morgan fingerprint density at radius 2 is 1.79 bits per heavy atom. The van der Waals surface area contributed by atoms with Gasteiger partial charge in [0.25, 0.3) is 0 Å². The fraction of sp³-hybridized carbons (Fsp3) is 0.625. The first-order chi connectivity index (χ1) is 15.5. The predicted molar refractivity (Wildman–Crippen MR) is 125 cm³/mol. The number of amides is 1. The summed E-state index contributed by atoms with van der Waals surface area (Å²) in [6.45, 7) is 4.97. The lowest BCUT2D eigenvalue weighted by Crippen LogP contribution is -2.42. The van der Waals surface area contributed by atoms with Crippen LogP contribution in [0.25, 0.3) is 0 Å². The van der Waals surface area contributed by atoms with Gasteiger partial charge in [-0.1, -0.05) is 30.3 Å². The van der Waals surface area contributed by atoms with E-state index >= 15 is 0 Å². The van der Waals surface area contributed by atoms with E-state index in [0.717, 1.165) is 12.8 Å². The fourth-order valence-corrected chi connectivity index (χ4v) is 5.10. The van der Waals surface area contributed by atoms with E-state index in [0.29, 0.717) is 25.8 Å². The van der Waals surface area contributed by atoms with Gasteiger partial charge in [0.15, 0.2) is 0 Å². The molecule has 1 aromatic carbocycles. The minimum atomic E-state index is -3.42. The third kappa shape index (κ3) is 9.30. The number of hydrogen-bond donors (Lipinski definition) is 1. The van der Waals surface area contributed by atoms with E-state index in [-0.39, 0.29) is 24.7 Å². The van der Waals surface area contributed by atoms with E-state index in [4.69, 9.17) is 9.47 Å². The van der Waals surface area contributed by atoms with Crippen LogP contribution in [0.3, 0.4) is 0 Å². The van der Waals surface area contributed by atoms with E-state index in [1.807, 2.05) is 30.3 Å². The smallest absolute Gasteiger partial charge is 0.331 e. The summed E-state index contributed by atoms with van der Waals surface area (Å²) < 4.78 is 22.5. The highest BCUT2D eigenvalue weighted by atomic mass is 31.2. The van der Waals surface area contributed by atoms with Crippen LogP contribution in [0.4, 0.5) is 0 Å². The Kier molecular flexibility index (Phi) is 10.1. The number of nitrogens with zero attached hydrogens (tertiary/aromatic N) is 1. The topological polar surface area (TPSA) is 110 Å². The molecule has 1 aromatic rings. The molecule has 0 radical (unpaired) electrons. The van der Waals surface area contributed by atoms with Crippen molar-refractivity contribution in [1.82, 2.24) is 4.90 Å². The van der Waals surface area contributed by atoms with Gasteiger partial charge in [0.1, 0.15) is 6.04 Å². The Balaban J connectivity index is 1.73. The molecule has 0 aliphatic carbocycles. The molecule has 1 amide bonds. The average Bonchev–Trinajstić information content (AvgIpc) is 3.25. The number of benzene rings is 1. The molecule has 0 saturated carbocycles. The number of esters is 2. The maximum atomic E-state index is 12.6. The Morgan fingerprint density at radius 1 is 1.09 bits per heavy atom. The van der Waals surface area contributed by atoms with Crippen molar-refractivity contribution < 1.29 is 33.3 Å². The molecule has 1 saturated heterocycles. The highest BCUT2D eigenvalue weighted by molar-refractivity contribution is 7.58. The lowest BCUT2D eigenvalue weighted by atomic mass is 9.98. The van der Waals surface area contributed by atoms with Crippen LogP contribution in [0.2, 0.25) is 0 Å². The molecule has 8 nitrogen and oxygen atoms in total. The Labute approximate surface area is 196 Å². The number of ether oxygens (including phenoxy) is 2. The summed E-state index contributed by atoms with van der Waals surface area (Å²) in [4.78, 5) is 48.4. The summed E-state index contributed by atoms with van der Waals surface area (Å²) in [6.07, 6.45) is 3.36. The second kappa shape index (κ2) is 12.3. The van der Waals surface area contributed by atoms with Crippen molar-refractivity contribution in [3.05, 3.63) is 35.9 Å². The summed E-state index contributed by atoms with van der Waals surface area (Å²) in [7, 11) is -3.42. The summed E-state index contributed by atoms with van der Waals surface area (Å²) in [6, 6.07) is 9.20. The van der Waals surface area contributed by atoms with E-state index < -0.39 is 37.6 Å². The van der Waals surface area contributed by atoms with E-state index in [2.05, 4.69) is 0 Å². The van der Waals surface area contributed by atoms with Gasteiger partial charge in [0, 0.05) is 25.3 Å².